The van der Waals surface area contributed by atoms with Gasteiger partial charge < -0.3 is 10.4 Å². The molecule has 1 aromatic heterocycles. The summed E-state index contributed by atoms with van der Waals surface area (Å²) < 4.78 is 12.9. The number of phenols is 1. The number of amides is 1. The fourth-order valence-electron chi connectivity index (χ4n) is 1.69. The number of phenolic OH excluding ortho intramolecular Hbond substituents is 1. The molecule has 0 fully saturated rings. The normalized spacial score (nSPS) is 10.3. The third-order valence-corrected chi connectivity index (χ3v) is 2.83. The molecule has 0 saturated heterocycles. The van der Waals surface area contributed by atoms with Crippen LogP contribution >= 0.6 is 0 Å². The lowest BCUT2D eigenvalue weighted by Gasteiger charge is -2.11. The standard InChI is InChI=1S/C14H13FN2O2/c1-8-6-7-10(9(2)13(8)18)17-14(19)11-4-3-5-12(15)16-11/h3-7,18H,1-2H3,(H,17,19). The number of hydrogen-bond acceptors (Lipinski definition) is 3. The number of nitrogens with zero attached hydrogens (tertiary/aromatic N) is 1. The maximum absolute atomic E-state index is 12.9. The smallest absolute Gasteiger partial charge is 0.274 e. The van der Waals surface area contributed by atoms with E-state index < -0.39 is 11.9 Å². The third-order valence-electron chi connectivity index (χ3n) is 2.83. The molecule has 1 amide bonds. The quantitative estimate of drug-likeness (QED) is 0.816. The second-order valence-electron chi connectivity index (χ2n) is 4.20. The Balaban J connectivity index is 2.27. The van der Waals surface area contributed by atoms with Crippen LogP contribution in [-0.4, -0.2) is 16.0 Å². The van der Waals surface area contributed by atoms with Crippen LogP contribution in [0.15, 0.2) is 30.3 Å². The number of hydrogen-bond donors (Lipinski definition) is 2. The molecule has 0 unspecified atom stereocenters. The first-order valence-electron chi connectivity index (χ1n) is 5.72. The molecule has 0 saturated carbocycles. The first-order valence-corrected chi connectivity index (χ1v) is 5.72. The van der Waals surface area contributed by atoms with Crippen molar-refractivity contribution in [2.45, 2.75) is 13.8 Å². The number of rotatable bonds is 2. The minimum absolute atomic E-state index is 0.0144. The van der Waals surface area contributed by atoms with E-state index >= 15 is 0 Å². The molecule has 0 atom stereocenters. The van der Waals surface area contributed by atoms with Crippen molar-refractivity contribution in [3.8, 4) is 5.75 Å². The first-order chi connectivity index (χ1) is 8.99. The van der Waals surface area contributed by atoms with E-state index in [-0.39, 0.29) is 11.4 Å². The number of nitrogens with one attached hydrogen (secondary N) is 1. The summed E-state index contributed by atoms with van der Waals surface area (Å²) in [7, 11) is 0. The maximum atomic E-state index is 12.9. The lowest BCUT2D eigenvalue weighted by Crippen LogP contribution is -2.15. The van der Waals surface area contributed by atoms with E-state index in [1.54, 1.807) is 26.0 Å². The molecule has 1 aromatic carbocycles. The molecule has 98 valence electrons. The fraction of sp³-hybridized carbons (Fsp3) is 0.143. The van der Waals surface area contributed by atoms with Gasteiger partial charge in [-0.3, -0.25) is 4.79 Å². The number of aromatic nitrogens is 1. The Bertz CT molecular complexity index is 641. The SMILES string of the molecule is Cc1ccc(NC(=O)c2cccc(F)n2)c(C)c1O. The molecule has 0 spiro atoms. The van der Waals surface area contributed by atoms with Gasteiger partial charge in [0.2, 0.25) is 5.95 Å². The molecule has 4 nitrogen and oxygen atoms in total. The Kier molecular flexibility index (Phi) is 3.46. The van der Waals surface area contributed by atoms with Crippen molar-refractivity contribution >= 4 is 11.6 Å². The van der Waals surface area contributed by atoms with Crippen LogP contribution in [0, 0.1) is 19.8 Å². The Morgan fingerprint density at radius 3 is 2.68 bits per heavy atom. The van der Waals surface area contributed by atoms with Crippen LogP contribution in [0.4, 0.5) is 10.1 Å². The van der Waals surface area contributed by atoms with Gasteiger partial charge >= 0.3 is 0 Å². The number of halogens is 1. The molecule has 5 heteroatoms. The van der Waals surface area contributed by atoms with Crippen molar-refractivity contribution in [1.82, 2.24) is 4.98 Å². The van der Waals surface area contributed by atoms with Crippen LogP contribution in [0.2, 0.25) is 0 Å². The number of aryl methyl sites for hydroxylation is 1. The second-order valence-corrected chi connectivity index (χ2v) is 4.20. The fourth-order valence-corrected chi connectivity index (χ4v) is 1.69. The zero-order chi connectivity index (χ0) is 14.0. The molecule has 0 aliphatic rings. The number of benzene rings is 1. The molecule has 2 aromatic rings. The van der Waals surface area contributed by atoms with Crippen LogP contribution < -0.4 is 5.32 Å². The monoisotopic (exact) mass is 260 g/mol. The van der Waals surface area contributed by atoms with E-state index in [4.69, 9.17) is 0 Å². The zero-order valence-corrected chi connectivity index (χ0v) is 10.6. The largest absolute Gasteiger partial charge is 0.507 e. The molecular formula is C14H13FN2O2. The summed E-state index contributed by atoms with van der Waals surface area (Å²) in [5.74, 6) is -1.10. The zero-order valence-electron chi connectivity index (χ0n) is 10.6. The van der Waals surface area contributed by atoms with E-state index in [0.29, 0.717) is 11.3 Å². The molecule has 2 rings (SSSR count). The highest BCUT2D eigenvalue weighted by molar-refractivity contribution is 6.03. The number of aromatic hydroxyl groups is 1. The van der Waals surface area contributed by atoms with Gasteiger partial charge in [0.15, 0.2) is 0 Å². The van der Waals surface area contributed by atoms with Gasteiger partial charge in [0.25, 0.3) is 5.91 Å². The van der Waals surface area contributed by atoms with Gasteiger partial charge in [-0.05, 0) is 37.6 Å². The molecule has 0 aliphatic heterocycles. The van der Waals surface area contributed by atoms with E-state index in [2.05, 4.69) is 10.3 Å². The van der Waals surface area contributed by atoms with Crippen molar-refractivity contribution in [2.24, 2.45) is 0 Å². The first kappa shape index (κ1) is 13.0. The van der Waals surface area contributed by atoms with Gasteiger partial charge in [-0.15, -0.1) is 0 Å². The number of anilines is 1. The highest BCUT2D eigenvalue weighted by Crippen LogP contribution is 2.28. The lowest BCUT2D eigenvalue weighted by atomic mass is 10.1. The molecule has 2 N–H and O–H groups in total. The van der Waals surface area contributed by atoms with Gasteiger partial charge in [-0.1, -0.05) is 12.1 Å². The van der Waals surface area contributed by atoms with Gasteiger partial charge in [0.05, 0.1) is 0 Å². The topological polar surface area (TPSA) is 62.2 Å². The van der Waals surface area contributed by atoms with Gasteiger partial charge in [0, 0.05) is 11.3 Å². The summed E-state index contributed by atoms with van der Waals surface area (Å²) in [6, 6.07) is 7.37. The van der Waals surface area contributed by atoms with E-state index in [0.717, 1.165) is 5.56 Å². The highest BCUT2D eigenvalue weighted by Gasteiger charge is 2.12. The number of pyridine rings is 1. The van der Waals surface area contributed by atoms with Crippen LogP contribution in [0.5, 0.6) is 5.75 Å². The summed E-state index contributed by atoms with van der Waals surface area (Å²) in [6.45, 7) is 3.46. The lowest BCUT2D eigenvalue weighted by molar-refractivity contribution is 0.102. The van der Waals surface area contributed by atoms with Crippen LogP contribution in [-0.2, 0) is 0 Å². The molecule has 0 aliphatic carbocycles. The molecule has 1 heterocycles. The Morgan fingerprint density at radius 1 is 1.26 bits per heavy atom. The van der Waals surface area contributed by atoms with Gasteiger partial charge in [-0.2, -0.15) is 4.39 Å². The average Bonchev–Trinajstić information content (AvgIpc) is 2.39. The molecule has 0 bridgehead atoms. The summed E-state index contributed by atoms with van der Waals surface area (Å²) in [6.07, 6.45) is 0. The summed E-state index contributed by atoms with van der Waals surface area (Å²) in [4.78, 5) is 15.4. The van der Waals surface area contributed by atoms with E-state index in [1.165, 1.54) is 18.2 Å². The predicted octanol–water partition coefficient (Wildman–Crippen LogP) is 2.80. The maximum Gasteiger partial charge on any atom is 0.274 e. The van der Waals surface area contributed by atoms with Gasteiger partial charge in [0.1, 0.15) is 11.4 Å². The second kappa shape index (κ2) is 5.06. The minimum Gasteiger partial charge on any atom is -0.507 e. The Hall–Kier alpha value is -2.43. The van der Waals surface area contributed by atoms with Crippen molar-refractivity contribution in [2.75, 3.05) is 5.32 Å². The van der Waals surface area contributed by atoms with Crippen LogP contribution in [0.1, 0.15) is 21.6 Å². The van der Waals surface area contributed by atoms with Crippen molar-refractivity contribution < 1.29 is 14.3 Å². The molecular weight excluding hydrogens is 247 g/mol. The summed E-state index contributed by atoms with van der Waals surface area (Å²) >= 11 is 0. The number of carbonyl (C=O) groups excluding carboxylic acids is 1. The van der Waals surface area contributed by atoms with Crippen molar-refractivity contribution in [1.29, 1.82) is 0 Å². The molecule has 0 radical (unpaired) electrons. The van der Waals surface area contributed by atoms with Crippen LogP contribution in [0.25, 0.3) is 0 Å². The Labute approximate surface area is 109 Å². The Morgan fingerprint density at radius 2 is 2.00 bits per heavy atom. The van der Waals surface area contributed by atoms with E-state index in [9.17, 15) is 14.3 Å². The summed E-state index contributed by atoms with van der Waals surface area (Å²) in [5, 5.41) is 12.4. The van der Waals surface area contributed by atoms with E-state index in [1.807, 2.05) is 0 Å². The predicted molar refractivity (Wildman–Crippen MR) is 69.7 cm³/mol. The summed E-state index contributed by atoms with van der Waals surface area (Å²) in [5.41, 5.74) is 1.74. The van der Waals surface area contributed by atoms with Gasteiger partial charge in [-0.25, -0.2) is 4.98 Å². The minimum atomic E-state index is -0.712. The average molecular weight is 260 g/mol. The van der Waals surface area contributed by atoms with Crippen molar-refractivity contribution in [3.63, 3.8) is 0 Å². The number of carbonyl (C=O) groups is 1. The third kappa shape index (κ3) is 2.70. The van der Waals surface area contributed by atoms with Crippen LogP contribution in [0.3, 0.4) is 0 Å². The molecule has 19 heavy (non-hydrogen) atoms. The highest BCUT2D eigenvalue weighted by atomic mass is 19.1. The van der Waals surface area contributed by atoms with Crippen molar-refractivity contribution in [3.05, 3.63) is 53.1 Å².